The Hall–Kier alpha value is -0.580. The molecule has 0 aliphatic carbocycles. The quantitative estimate of drug-likeness (QED) is 0.664. The van der Waals surface area contributed by atoms with Gasteiger partial charge in [0.05, 0.1) is 9.83 Å². The summed E-state index contributed by atoms with van der Waals surface area (Å²) in [7, 11) is 0. The molecule has 0 amide bonds. The van der Waals surface area contributed by atoms with E-state index in [9.17, 15) is 4.39 Å². The Morgan fingerprint density at radius 3 is 2.91 bits per heavy atom. The summed E-state index contributed by atoms with van der Waals surface area (Å²) < 4.78 is 18.6. The van der Waals surface area contributed by atoms with Crippen LogP contribution in [0.15, 0.2) is 28.9 Å². The number of hydrogen-bond acceptors (Lipinski definition) is 1. The minimum Gasteiger partial charge on any atom is -0.464 e. The van der Waals surface area contributed by atoms with Crippen molar-refractivity contribution < 1.29 is 8.81 Å². The van der Waals surface area contributed by atoms with Gasteiger partial charge in [0.25, 0.3) is 0 Å². The van der Waals surface area contributed by atoms with Crippen molar-refractivity contribution in [3.63, 3.8) is 0 Å². The third kappa shape index (κ3) is 1.03. The molecule has 2 rings (SSSR count). The van der Waals surface area contributed by atoms with Crippen molar-refractivity contribution in [2.45, 2.75) is 0 Å². The minimum absolute atomic E-state index is 0.195. The fourth-order valence-electron chi connectivity index (χ4n) is 0.982. The molecule has 0 saturated carbocycles. The second kappa shape index (κ2) is 2.48. The van der Waals surface area contributed by atoms with Crippen molar-refractivity contribution in [2.24, 2.45) is 0 Å². The molecule has 3 heteroatoms. The Kier molecular flexibility index (Phi) is 1.60. The van der Waals surface area contributed by atoms with Gasteiger partial charge < -0.3 is 4.42 Å². The average Bonchev–Trinajstić information content (AvgIpc) is 2.45. The molecule has 1 nitrogen and oxygen atoms in total. The molecular weight excluding hydrogens is 258 g/mol. The van der Waals surface area contributed by atoms with Gasteiger partial charge in [-0.1, -0.05) is 0 Å². The van der Waals surface area contributed by atoms with Gasteiger partial charge in [-0.2, -0.15) is 0 Å². The van der Waals surface area contributed by atoms with Gasteiger partial charge in [-0.3, -0.25) is 0 Å². The van der Waals surface area contributed by atoms with Crippen LogP contribution in [-0.2, 0) is 0 Å². The van der Waals surface area contributed by atoms with Gasteiger partial charge >= 0.3 is 0 Å². The Bertz CT molecular complexity index is 394. The molecule has 0 saturated heterocycles. The summed E-state index contributed by atoms with van der Waals surface area (Å²) in [5.41, 5.74) is 0.732. The predicted molar refractivity (Wildman–Crippen MR) is 48.9 cm³/mol. The van der Waals surface area contributed by atoms with Crippen molar-refractivity contribution in [1.82, 2.24) is 0 Å². The van der Waals surface area contributed by atoms with Crippen LogP contribution in [0.1, 0.15) is 0 Å². The maximum absolute atomic E-state index is 12.9. The van der Waals surface area contributed by atoms with E-state index in [0.717, 1.165) is 11.0 Å². The molecule has 11 heavy (non-hydrogen) atoms. The molecular formula is C8H4FIO. The summed E-state index contributed by atoms with van der Waals surface area (Å²) in [5.74, 6) is -0.195. The molecule has 0 fully saturated rings. The van der Waals surface area contributed by atoms with Gasteiger partial charge in [0.1, 0.15) is 11.4 Å². The molecule has 2 aromatic rings. The highest BCUT2D eigenvalue weighted by atomic mass is 127. The Morgan fingerprint density at radius 1 is 1.27 bits per heavy atom. The summed E-state index contributed by atoms with van der Waals surface area (Å²) in [6.07, 6.45) is 1.56. The molecule has 1 aromatic carbocycles. The summed E-state index contributed by atoms with van der Waals surface area (Å²) >= 11 is 1.96. The lowest BCUT2D eigenvalue weighted by Gasteiger charge is -1.93. The van der Waals surface area contributed by atoms with Gasteiger partial charge in [0.15, 0.2) is 0 Å². The third-order valence-corrected chi connectivity index (χ3v) is 2.62. The van der Waals surface area contributed by atoms with Gasteiger partial charge in [0.2, 0.25) is 0 Å². The Labute approximate surface area is 76.3 Å². The predicted octanol–water partition coefficient (Wildman–Crippen LogP) is 3.18. The smallest absolute Gasteiger partial charge is 0.137 e. The maximum atomic E-state index is 12.9. The zero-order valence-corrected chi connectivity index (χ0v) is 7.63. The molecule has 0 N–H and O–H groups in total. The highest BCUT2D eigenvalue weighted by molar-refractivity contribution is 14.1. The molecule has 1 heterocycles. The third-order valence-electron chi connectivity index (χ3n) is 1.52. The van der Waals surface area contributed by atoms with Crippen LogP contribution in [0.3, 0.4) is 0 Å². The van der Waals surface area contributed by atoms with Crippen LogP contribution in [0.25, 0.3) is 11.0 Å². The molecule has 0 spiro atoms. The van der Waals surface area contributed by atoms with Crippen molar-refractivity contribution in [2.75, 3.05) is 0 Å². The van der Waals surface area contributed by atoms with E-state index in [4.69, 9.17) is 4.42 Å². The lowest BCUT2D eigenvalue weighted by atomic mass is 10.2. The molecule has 0 atom stereocenters. The van der Waals surface area contributed by atoms with Crippen LogP contribution in [0.5, 0.6) is 0 Å². The van der Waals surface area contributed by atoms with Gasteiger partial charge in [-0.25, -0.2) is 4.39 Å². The topological polar surface area (TPSA) is 13.1 Å². The SMILES string of the molecule is Fc1ccc2occc2c1I. The number of fused-ring (bicyclic) bond motifs is 1. The number of furan rings is 1. The number of rotatable bonds is 0. The normalized spacial score (nSPS) is 10.7. The van der Waals surface area contributed by atoms with Crippen molar-refractivity contribution in [1.29, 1.82) is 0 Å². The molecule has 0 unspecified atom stereocenters. The first-order valence-electron chi connectivity index (χ1n) is 3.10. The van der Waals surface area contributed by atoms with E-state index in [1.165, 1.54) is 6.07 Å². The summed E-state index contributed by atoms with van der Waals surface area (Å²) in [5, 5.41) is 0.839. The minimum atomic E-state index is -0.195. The van der Waals surface area contributed by atoms with Crippen LogP contribution < -0.4 is 0 Å². The van der Waals surface area contributed by atoms with Crippen LogP contribution in [0.4, 0.5) is 4.39 Å². The monoisotopic (exact) mass is 262 g/mol. The fourth-order valence-corrected chi connectivity index (χ4v) is 1.61. The number of halogens is 2. The molecule has 1 aromatic heterocycles. The van der Waals surface area contributed by atoms with Crippen molar-refractivity contribution in [3.05, 3.63) is 33.8 Å². The van der Waals surface area contributed by atoms with Gasteiger partial charge in [-0.05, 0) is 40.8 Å². The number of benzene rings is 1. The molecule has 0 bridgehead atoms. The van der Waals surface area contributed by atoms with Crippen LogP contribution in [0, 0.1) is 9.39 Å². The lowest BCUT2D eigenvalue weighted by Crippen LogP contribution is -1.79. The van der Waals surface area contributed by atoms with E-state index >= 15 is 0 Å². The molecule has 0 aliphatic rings. The lowest BCUT2D eigenvalue weighted by molar-refractivity contribution is 0.607. The average molecular weight is 262 g/mol. The second-order valence-electron chi connectivity index (χ2n) is 2.19. The van der Waals surface area contributed by atoms with Crippen LogP contribution in [0.2, 0.25) is 0 Å². The van der Waals surface area contributed by atoms with E-state index in [2.05, 4.69) is 0 Å². The van der Waals surface area contributed by atoms with E-state index in [-0.39, 0.29) is 5.82 Å². The zero-order valence-electron chi connectivity index (χ0n) is 5.47. The number of hydrogen-bond donors (Lipinski definition) is 0. The summed E-state index contributed by atoms with van der Waals surface area (Å²) in [4.78, 5) is 0. The molecule has 56 valence electrons. The van der Waals surface area contributed by atoms with Crippen molar-refractivity contribution in [3.8, 4) is 0 Å². The molecule has 0 aliphatic heterocycles. The van der Waals surface area contributed by atoms with Crippen molar-refractivity contribution >= 4 is 33.6 Å². The first-order chi connectivity index (χ1) is 5.29. The van der Waals surface area contributed by atoms with Gasteiger partial charge in [0, 0.05) is 5.39 Å². The zero-order chi connectivity index (χ0) is 7.84. The Morgan fingerprint density at radius 2 is 2.09 bits per heavy atom. The summed E-state index contributed by atoms with van der Waals surface area (Å²) in [6.45, 7) is 0. The maximum Gasteiger partial charge on any atom is 0.137 e. The van der Waals surface area contributed by atoms with E-state index in [0.29, 0.717) is 3.57 Å². The van der Waals surface area contributed by atoms with E-state index < -0.39 is 0 Å². The highest BCUT2D eigenvalue weighted by Crippen LogP contribution is 2.23. The first-order valence-corrected chi connectivity index (χ1v) is 4.18. The Balaban J connectivity index is 2.93. The van der Waals surface area contributed by atoms with E-state index in [1.54, 1.807) is 18.4 Å². The van der Waals surface area contributed by atoms with Crippen LogP contribution >= 0.6 is 22.6 Å². The second-order valence-corrected chi connectivity index (χ2v) is 3.27. The largest absolute Gasteiger partial charge is 0.464 e. The first kappa shape index (κ1) is 7.09. The standard InChI is InChI=1S/C8H4FIO/c9-6-1-2-7-5(8(6)10)3-4-11-7/h1-4H. The van der Waals surface area contributed by atoms with Gasteiger partial charge in [-0.15, -0.1) is 0 Å². The highest BCUT2D eigenvalue weighted by Gasteiger charge is 2.05. The summed E-state index contributed by atoms with van der Waals surface area (Å²) in [6, 6.07) is 4.81. The molecule has 0 radical (unpaired) electrons. The fraction of sp³-hybridized carbons (Fsp3) is 0. The van der Waals surface area contributed by atoms with Crippen LogP contribution in [-0.4, -0.2) is 0 Å². The van der Waals surface area contributed by atoms with E-state index in [1.807, 2.05) is 22.6 Å².